The molecule has 1 heteroatoms. The van der Waals surface area contributed by atoms with Gasteiger partial charge in [0.05, 0.1) is 26.2 Å². The molecule has 0 aliphatic carbocycles. The molecular formula is C30H64N+. The van der Waals surface area contributed by atoms with Gasteiger partial charge in [-0.05, 0) is 50.4 Å². The normalized spacial score (nSPS) is 14.1. The minimum atomic E-state index is 0.939. The first-order chi connectivity index (χ1) is 15.1. The van der Waals surface area contributed by atoms with E-state index in [1.165, 1.54) is 146 Å². The fraction of sp³-hybridized carbons (Fsp3) is 1.00. The first-order valence-electron chi connectivity index (χ1n) is 14.9. The molecule has 0 spiro atoms. The summed E-state index contributed by atoms with van der Waals surface area (Å²) in [5.74, 6) is 1.93. The number of hydrogen-bond donors (Lipinski definition) is 0. The van der Waals surface area contributed by atoms with Crippen LogP contribution in [0.3, 0.4) is 0 Å². The molecule has 0 heterocycles. The van der Waals surface area contributed by atoms with E-state index in [9.17, 15) is 0 Å². The molecule has 0 rings (SSSR count). The summed E-state index contributed by atoms with van der Waals surface area (Å²) in [6, 6.07) is 0. The Bertz CT molecular complexity index is 342. The molecule has 1 nitrogen and oxygen atoms in total. The van der Waals surface area contributed by atoms with Crippen molar-refractivity contribution in [1.29, 1.82) is 0 Å². The summed E-state index contributed by atoms with van der Waals surface area (Å²) >= 11 is 0. The predicted molar refractivity (Wildman–Crippen MR) is 144 cm³/mol. The molecule has 0 aliphatic heterocycles. The summed E-state index contributed by atoms with van der Waals surface area (Å²) in [5, 5.41) is 0. The maximum atomic E-state index is 2.49. The second-order valence-corrected chi connectivity index (χ2v) is 11.0. The molecule has 0 aliphatic rings. The minimum absolute atomic E-state index is 0.939. The Hall–Kier alpha value is -0.0400. The molecule has 0 aromatic heterocycles. The van der Waals surface area contributed by atoms with Crippen molar-refractivity contribution >= 4 is 0 Å². The standard InChI is InChI=1S/C30H64N/c1-7-12-16-21-29(6)22-17-19-27-31(25-14-9-3,26-15-10-4)28-20-18-24-30(11-5)23-13-8-2/h29-30H,7-28H2,1-6H3/q+1. The van der Waals surface area contributed by atoms with Crippen molar-refractivity contribution in [3.8, 4) is 0 Å². The van der Waals surface area contributed by atoms with Crippen LogP contribution in [0.5, 0.6) is 0 Å². The zero-order chi connectivity index (χ0) is 23.2. The first kappa shape index (κ1) is 31.0. The molecule has 0 amide bonds. The molecule has 2 atom stereocenters. The van der Waals surface area contributed by atoms with Crippen LogP contribution in [0.2, 0.25) is 0 Å². The van der Waals surface area contributed by atoms with E-state index in [4.69, 9.17) is 0 Å². The summed E-state index contributed by atoms with van der Waals surface area (Å²) in [6.45, 7) is 20.1. The average molecular weight is 439 g/mol. The molecule has 2 unspecified atom stereocenters. The Kier molecular flexibility index (Phi) is 21.8. The number of unbranched alkanes of at least 4 members (excludes halogenated alkanes) is 7. The number of nitrogens with zero attached hydrogens (tertiary/aromatic N) is 1. The quantitative estimate of drug-likeness (QED) is 0.104. The van der Waals surface area contributed by atoms with Gasteiger partial charge in [-0.2, -0.15) is 0 Å². The second-order valence-electron chi connectivity index (χ2n) is 11.0. The van der Waals surface area contributed by atoms with Gasteiger partial charge in [0.25, 0.3) is 0 Å². The molecule has 0 N–H and O–H groups in total. The lowest BCUT2D eigenvalue weighted by molar-refractivity contribution is -0.929. The third-order valence-electron chi connectivity index (χ3n) is 7.89. The lowest BCUT2D eigenvalue weighted by Gasteiger charge is -2.39. The molecule has 0 radical (unpaired) electrons. The minimum Gasteiger partial charge on any atom is -0.324 e. The van der Waals surface area contributed by atoms with E-state index in [1.54, 1.807) is 0 Å². The van der Waals surface area contributed by atoms with Crippen LogP contribution in [-0.4, -0.2) is 30.7 Å². The van der Waals surface area contributed by atoms with E-state index >= 15 is 0 Å². The van der Waals surface area contributed by atoms with E-state index in [0.717, 1.165) is 11.8 Å². The lowest BCUT2D eigenvalue weighted by atomic mass is 9.93. The zero-order valence-corrected chi connectivity index (χ0v) is 23.2. The number of rotatable bonds is 24. The fourth-order valence-electron chi connectivity index (χ4n) is 5.41. The van der Waals surface area contributed by atoms with Gasteiger partial charge in [0.2, 0.25) is 0 Å². The van der Waals surface area contributed by atoms with Crippen LogP contribution >= 0.6 is 0 Å². The number of quaternary nitrogens is 1. The summed E-state index contributed by atoms with van der Waals surface area (Å²) in [5.41, 5.74) is 0. The summed E-state index contributed by atoms with van der Waals surface area (Å²) in [4.78, 5) is 0. The molecule has 0 fully saturated rings. The smallest absolute Gasteiger partial charge is 0.0786 e. The van der Waals surface area contributed by atoms with E-state index in [2.05, 4.69) is 41.5 Å². The molecule has 0 bridgehead atoms. The Labute approximate surface area is 199 Å². The largest absolute Gasteiger partial charge is 0.324 e. The molecule has 188 valence electrons. The predicted octanol–water partition coefficient (Wildman–Crippen LogP) is 10.2. The van der Waals surface area contributed by atoms with Gasteiger partial charge in [0.15, 0.2) is 0 Å². The lowest BCUT2D eigenvalue weighted by Crippen LogP contribution is -2.50. The molecule has 31 heavy (non-hydrogen) atoms. The molecule has 0 saturated heterocycles. The highest BCUT2D eigenvalue weighted by molar-refractivity contribution is 4.59. The van der Waals surface area contributed by atoms with Gasteiger partial charge < -0.3 is 4.48 Å². The van der Waals surface area contributed by atoms with E-state index in [0.29, 0.717) is 0 Å². The molecule has 0 aromatic rings. The van der Waals surface area contributed by atoms with Gasteiger partial charge >= 0.3 is 0 Å². The van der Waals surface area contributed by atoms with Crippen LogP contribution in [0.4, 0.5) is 0 Å². The molecule has 0 aromatic carbocycles. The van der Waals surface area contributed by atoms with Crippen molar-refractivity contribution in [2.45, 2.75) is 157 Å². The monoisotopic (exact) mass is 439 g/mol. The first-order valence-corrected chi connectivity index (χ1v) is 14.9. The van der Waals surface area contributed by atoms with Crippen LogP contribution in [-0.2, 0) is 0 Å². The van der Waals surface area contributed by atoms with Gasteiger partial charge in [0, 0.05) is 0 Å². The maximum absolute atomic E-state index is 2.49. The van der Waals surface area contributed by atoms with Crippen molar-refractivity contribution in [1.82, 2.24) is 0 Å². The van der Waals surface area contributed by atoms with Crippen molar-refractivity contribution < 1.29 is 4.48 Å². The third-order valence-corrected chi connectivity index (χ3v) is 7.89. The Morgan fingerprint density at radius 1 is 0.452 bits per heavy atom. The highest BCUT2D eigenvalue weighted by Crippen LogP contribution is 2.23. The van der Waals surface area contributed by atoms with Crippen LogP contribution in [0, 0.1) is 11.8 Å². The summed E-state index contributed by atoms with van der Waals surface area (Å²) in [7, 11) is 0. The SMILES string of the molecule is CCCCCC(C)CCCC[N+](CCCC)(CCCC)CCCCC(CC)CCCC. The highest BCUT2D eigenvalue weighted by atomic mass is 15.3. The third kappa shape index (κ3) is 17.1. The van der Waals surface area contributed by atoms with Gasteiger partial charge in [-0.1, -0.05) is 119 Å². The van der Waals surface area contributed by atoms with Crippen molar-refractivity contribution in [2.75, 3.05) is 26.2 Å². The summed E-state index contributed by atoms with van der Waals surface area (Å²) in [6.07, 6.45) is 25.7. The Morgan fingerprint density at radius 3 is 1.35 bits per heavy atom. The van der Waals surface area contributed by atoms with E-state index < -0.39 is 0 Å². The van der Waals surface area contributed by atoms with Crippen molar-refractivity contribution in [2.24, 2.45) is 11.8 Å². The van der Waals surface area contributed by atoms with Crippen LogP contribution < -0.4 is 0 Å². The Morgan fingerprint density at radius 2 is 0.871 bits per heavy atom. The zero-order valence-electron chi connectivity index (χ0n) is 23.2. The van der Waals surface area contributed by atoms with Gasteiger partial charge in [0.1, 0.15) is 0 Å². The number of hydrogen-bond acceptors (Lipinski definition) is 0. The van der Waals surface area contributed by atoms with E-state index in [1.807, 2.05) is 0 Å². The van der Waals surface area contributed by atoms with E-state index in [-0.39, 0.29) is 0 Å². The average Bonchev–Trinajstić information content (AvgIpc) is 2.78. The Balaban J connectivity index is 4.58. The van der Waals surface area contributed by atoms with Crippen molar-refractivity contribution in [3.63, 3.8) is 0 Å². The second kappa shape index (κ2) is 21.8. The molecule has 0 saturated carbocycles. The topological polar surface area (TPSA) is 0 Å². The van der Waals surface area contributed by atoms with Crippen molar-refractivity contribution in [3.05, 3.63) is 0 Å². The van der Waals surface area contributed by atoms with Crippen LogP contribution in [0.15, 0.2) is 0 Å². The van der Waals surface area contributed by atoms with Gasteiger partial charge in [-0.15, -0.1) is 0 Å². The fourth-order valence-corrected chi connectivity index (χ4v) is 5.41. The highest BCUT2D eigenvalue weighted by Gasteiger charge is 2.25. The van der Waals surface area contributed by atoms with Crippen LogP contribution in [0.1, 0.15) is 157 Å². The van der Waals surface area contributed by atoms with Crippen LogP contribution in [0.25, 0.3) is 0 Å². The maximum Gasteiger partial charge on any atom is 0.0786 e. The molecular weight excluding hydrogens is 374 g/mol. The van der Waals surface area contributed by atoms with Gasteiger partial charge in [-0.25, -0.2) is 0 Å². The van der Waals surface area contributed by atoms with Gasteiger partial charge in [-0.3, -0.25) is 0 Å². The summed E-state index contributed by atoms with van der Waals surface area (Å²) < 4.78 is 1.44.